The summed E-state index contributed by atoms with van der Waals surface area (Å²) in [7, 11) is 2.11. The van der Waals surface area contributed by atoms with Crippen molar-refractivity contribution in [3.8, 4) is 0 Å². The summed E-state index contributed by atoms with van der Waals surface area (Å²) in [4.78, 5) is 29.5. The normalized spacial score (nSPS) is 21.9. The van der Waals surface area contributed by atoms with Crippen LogP contribution in [0.2, 0.25) is 0 Å². The summed E-state index contributed by atoms with van der Waals surface area (Å²) in [6.07, 6.45) is 2.69. The van der Waals surface area contributed by atoms with Gasteiger partial charge in [-0.3, -0.25) is 19.8 Å². The van der Waals surface area contributed by atoms with Gasteiger partial charge in [-0.1, -0.05) is 30.7 Å². The minimum atomic E-state index is -0.470. The Labute approximate surface area is 188 Å². The first-order valence-electron chi connectivity index (χ1n) is 10.4. The molecular formula is C25H27N3O2S. The van der Waals surface area contributed by atoms with E-state index in [4.69, 9.17) is 12.2 Å². The Bertz CT molecular complexity index is 1120. The summed E-state index contributed by atoms with van der Waals surface area (Å²) >= 11 is 5.28. The molecule has 0 aliphatic carbocycles. The van der Waals surface area contributed by atoms with Crippen molar-refractivity contribution in [2.45, 2.75) is 45.6 Å². The minimum absolute atomic E-state index is 0.0753. The van der Waals surface area contributed by atoms with Crippen molar-refractivity contribution in [1.82, 2.24) is 5.32 Å². The van der Waals surface area contributed by atoms with Gasteiger partial charge < -0.3 is 4.90 Å². The maximum Gasteiger partial charge on any atom is 0.270 e. The van der Waals surface area contributed by atoms with Gasteiger partial charge in [0.05, 0.1) is 5.69 Å². The van der Waals surface area contributed by atoms with Crippen LogP contribution in [-0.4, -0.2) is 29.5 Å². The molecule has 31 heavy (non-hydrogen) atoms. The smallest absolute Gasteiger partial charge is 0.270 e. The zero-order chi connectivity index (χ0) is 22.5. The van der Waals surface area contributed by atoms with Crippen molar-refractivity contribution in [2.75, 3.05) is 16.8 Å². The Morgan fingerprint density at radius 3 is 2.48 bits per heavy atom. The summed E-state index contributed by atoms with van der Waals surface area (Å²) in [5, 5.41) is 2.75. The third kappa shape index (κ3) is 3.76. The maximum absolute atomic E-state index is 13.2. The highest BCUT2D eigenvalue weighted by molar-refractivity contribution is 7.80. The lowest BCUT2D eigenvalue weighted by Gasteiger charge is -2.45. The van der Waals surface area contributed by atoms with Crippen LogP contribution in [0.3, 0.4) is 0 Å². The van der Waals surface area contributed by atoms with Gasteiger partial charge in [0.25, 0.3) is 11.8 Å². The molecule has 1 fully saturated rings. The van der Waals surface area contributed by atoms with Crippen molar-refractivity contribution in [3.63, 3.8) is 0 Å². The Morgan fingerprint density at radius 1 is 1.13 bits per heavy atom. The van der Waals surface area contributed by atoms with E-state index in [-0.39, 0.29) is 16.2 Å². The number of nitrogens with one attached hydrogen (secondary N) is 1. The average Bonchev–Trinajstić information content (AvgIpc) is 2.70. The molecule has 160 valence electrons. The topological polar surface area (TPSA) is 52.7 Å². The number of nitrogens with zero attached hydrogens (tertiary/aromatic N) is 2. The number of carbonyl (C=O) groups excluding carboxylic acids is 2. The monoisotopic (exact) mass is 433 g/mol. The molecule has 1 unspecified atom stereocenters. The molecule has 2 aliphatic rings. The van der Waals surface area contributed by atoms with Gasteiger partial charge in [-0.15, -0.1) is 0 Å². The van der Waals surface area contributed by atoms with Gasteiger partial charge in [-0.2, -0.15) is 0 Å². The predicted octanol–water partition coefficient (Wildman–Crippen LogP) is 4.55. The number of hydrogen-bond acceptors (Lipinski definition) is 4. The van der Waals surface area contributed by atoms with Crippen LogP contribution in [0.1, 0.15) is 49.8 Å². The second-order valence-electron chi connectivity index (χ2n) is 9.09. The molecule has 0 bridgehead atoms. The highest BCUT2D eigenvalue weighted by Crippen LogP contribution is 2.42. The van der Waals surface area contributed by atoms with Gasteiger partial charge in [0, 0.05) is 18.3 Å². The maximum atomic E-state index is 13.2. The summed E-state index contributed by atoms with van der Waals surface area (Å²) in [5.41, 5.74) is 5.11. The zero-order valence-corrected chi connectivity index (χ0v) is 19.3. The largest absolute Gasteiger partial charge is 0.369 e. The number of thiocarbonyl (C=S) groups is 1. The lowest BCUT2D eigenvalue weighted by molar-refractivity contribution is -0.122. The van der Waals surface area contributed by atoms with Crippen LogP contribution in [0.5, 0.6) is 0 Å². The molecule has 1 saturated heterocycles. The van der Waals surface area contributed by atoms with E-state index < -0.39 is 11.8 Å². The van der Waals surface area contributed by atoms with Gasteiger partial charge in [0.15, 0.2) is 5.11 Å². The summed E-state index contributed by atoms with van der Waals surface area (Å²) in [6, 6.07) is 13.6. The standard InChI is InChI=1S/C25H27N3O2S/c1-15-6-9-18(10-7-15)28-23(30)20(22(29)26-24(28)31)13-17-8-11-21-19(12-17)16(2)14-25(3,4)27(21)5/h6-13,16H,14H2,1-5H3,(H,26,29,31)/b20-13-. The lowest BCUT2D eigenvalue weighted by atomic mass is 9.80. The van der Waals surface area contributed by atoms with E-state index in [0.717, 1.165) is 17.5 Å². The summed E-state index contributed by atoms with van der Waals surface area (Å²) in [6.45, 7) is 8.69. The SMILES string of the molecule is Cc1ccc(N2C(=O)/C(=C\c3ccc4c(c3)C(C)CC(C)(C)N4C)C(=O)NC2=S)cc1. The van der Waals surface area contributed by atoms with E-state index in [9.17, 15) is 9.59 Å². The minimum Gasteiger partial charge on any atom is -0.369 e. The third-order valence-electron chi connectivity index (χ3n) is 6.36. The fourth-order valence-corrected chi connectivity index (χ4v) is 4.72. The molecule has 1 atom stereocenters. The highest BCUT2D eigenvalue weighted by Gasteiger charge is 2.36. The molecule has 2 aliphatic heterocycles. The molecular weight excluding hydrogens is 406 g/mol. The van der Waals surface area contributed by atoms with Gasteiger partial charge in [0.1, 0.15) is 5.57 Å². The van der Waals surface area contributed by atoms with E-state index in [1.807, 2.05) is 37.3 Å². The van der Waals surface area contributed by atoms with E-state index in [0.29, 0.717) is 11.6 Å². The first kappa shape index (κ1) is 21.2. The highest BCUT2D eigenvalue weighted by atomic mass is 32.1. The quantitative estimate of drug-likeness (QED) is 0.429. The van der Waals surface area contributed by atoms with Crippen LogP contribution < -0.4 is 15.1 Å². The average molecular weight is 434 g/mol. The van der Waals surface area contributed by atoms with E-state index in [1.165, 1.54) is 16.2 Å². The number of benzene rings is 2. The van der Waals surface area contributed by atoms with Crippen molar-refractivity contribution in [3.05, 3.63) is 64.7 Å². The molecule has 0 saturated carbocycles. The molecule has 1 N–H and O–H groups in total. The third-order valence-corrected chi connectivity index (χ3v) is 6.65. The van der Waals surface area contributed by atoms with E-state index in [1.54, 1.807) is 6.08 Å². The van der Waals surface area contributed by atoms with Crippen molar-refractivity contribution >= 4 is 46.6 Å². The summed E-state index contributed by atoms with van der Waals surface area (Å²) < 4.78 is 0. The van der Waals surface area contributed by atoms with Crippen LogP contribution in [0, 0.1) is 6.92 Å². The molecule has 0 aromatic heterocycles. The van der Waals surface area contributed by atoms with Gasteiger partial charge >= 0.3 is 0 Å². The summed E-state index contributed by atoms with van der Waals surface area (Å²) in [5.74, 6) is -0.504. The second-order valence-corrected chi connectivity index (χ2v) is 9.47. The fraction of sp³-hybridized carbons (Fsp3) is 0.320. The number of aryl methyl sites for hydroxylation is 1. The van der Waals surface area contributed by atoms with Crippen LogP contribution in [0.15, 0.2) is 48.0 Å². The van der Waals surface area contributed by atoms with Crippen molar-refractivity contribution in [2.24, 2.45) is 0 Å². The Hall–Kier alpha value is -2.99. The fourth-order valence-electron chi connectivity index (χ4n) is 4.44. The van der Waals surface area contributed by atoms with Gasteiger partial charge in [-0.05, 0) is 86.8 Å². The first-order chi connectivity index (χ1) is 14.6. The number of amides is 2. The lowest BCUT2D eigenvalue weighted by Crippen LogP contribution is -2.54. The molecule has 4 rings (SSSR count). The number of rotatable bonds is 2. The van der Waals surface area contributed by atoms with Crippen LogP contribution >= 0.6 is 12.2 Å². The second kappa shape index (κ2) is 7.61. The van der Waals surface area contributed by atoms with E-state index >= 15 is 0 Å². The zero-order valence-electron chi connectivity index (χ0n) is 18.5. The number of fused-ring (bicyclic) bond motifs is 1. The van der Waals surface area contributed by atoms with Crippen LogP contribution in [0.4, 0.5) is 11.4 Å². The van der Waals surface area contributed by atoms with Crippen LogP contribution in [0.25, 0.3) is 6.08 Å². The van der Waals surface area contributed by atoms with Gasteiger partial charge in [0.2, 0.25) is 0 Å². The van der Waals surface area contributed by atoms with Crippen molar-refractivity contribution < 1.29 is 9.59 Å². The molecule has 0 spiro atoms. The van der Waals surface area contributed by atoms with E-state index in [2.05, 4.69) is 50.2 Å². The molecule has 2 amide bonds. The van der Waals surface area contributed by atoms with Crippen molar-refractivity contribution in [1.29, 1.82) is 0 Å². The number of hydrogen-bond donors (Lipinski definition) is 1. The molecule has 2 aromatic rings. The Balaban J connectivity index is 1.72. The van der Waals surface area contributed by atoms with Gasteiger partial charge in [-0.25, -0.2) is 0 Å². The number of carbonyl (C=O) groups is 2. The molecule has 6 heteroatoms. The predicted molar refractivity (Wildman–Crippen MR) is 129 cm³/mol. The first-order valence-corrected chi connectivity index (χ1v) is 10.9. The molecule has 0 radical (unpaired) electrons. The molecule has 2 heterocycles. The Morgan fingerprint density at radius 2 is 1.81 bits per heavy atom. The molecule has 2 aromatic carbocycles. The number of anilines is 2. The molecule has 5 nitrogen and oxygen atoms in total. The van der Waals surface area contributed by atoms with Crippen LogP contribution in [-0.2, 0) is 9.59 Å². The Kier molecular flexibility index (Phi) is 5.21.